The number of methoxy groups -OCH3 is 1. The third kappa shape index (κ3) is 3.14. The standard InChI is InChI=1S/C19H19BrN2O3/c1-12-7-8-16(25-3)13(9-12)11-22-17(23)19(2,21-18(22)24)14-5-4-6-15(20)10-14/h4-10H,11H2,1-3H3,(H,21,24)/t19-/m1/s1. The molecule has 6 heteroatoms. The second-order valence-corrected chi connectivity index (χ2v) is 7.19. The molecule has 3 rings (SSSR count). The van der Waals surface area contributed by atoms with Crippen molar-refractivity contribution in [1.29, 1.82) is 0 Å². The molecule has 0 spiro atoms. The van der Waals surface area contributed by atoms with E-state index in [1.807, 2.05) is 49.4 Å². The molecule has 130 valence electrons. The third-order valence-electron chi connectivity index (χ3n) is 4.44. The number of imide groups is 1. The maximum atomic E-state index is 13.0. The molecule has 25 heavy (non-hydrogen) atoms. The van der Waals surface area contributed by atoms with E-state index < -0.39 is 11.6 Å². The summed E-state index contributed by atoms with van der Waals surface area (Å²) < 4.78 is 6.21. The Bertz CT molecular complexity index is 852. The first-order valence-corrected chi connectivity index (χ1v) is 8.68. The molecule has 0 saturated carbocycles. The van der Waals surface area contributed by atoms with Crippen LogP contribution in [0.15, 0.2) is 46.9 Å². The van der Waals surface area contributed by atoms with Gasteiger partial charge in [0.25, 0.3) is 5.91 Å². The van der Waals surface area contributed by atoms with Gasteiger partial charge < -0.3 is 10.1 Å². The Morgan fingerprint density at radius 3 is 2.64 bits per heavy atom. The van der Waals surface area contributed by atoms with Gasteiger partial charge >= 0.3 is 6.03 Å². The summed E-state index contributed by atoms with van der Waals surface area (Å²) >= 11 is 3.41. The summed E-state index contributed by atoms with van der Waals surface area (Å²) in [7, 11) is 1.58. The zero-order valence-corrected chi connectivity index (χ0v) is 15.9. The fraction of sp³-hybridized carbons (Fsp3) is 0.263. The van der Waals surface area contributed by atoms with Crippen LogP contribution in [0, 0.1) is 6.92 Å². The van der Waals surface area contributed by atoms with Crippen molar-refractivity contribution in [2.24, 2.45) is 0 Å². The predicted molar refractivity (Wildman–Crippen MR) is 98.3 cm³/mol. The van der Waals surface area contributed by atoms with Crippen molar-refractivity contribution in [3.8, 4) is 5.75 Å². The number of nitrogens with one attached hydrogen (secondary N) is 1. The summed E-state index contributed by atoms with van der Waals surface area (Å²) in [5, 5.41) is 2.82. The van der Waals surface area contributed by atoms with E-state index in [9.17, 15) is 9.59 Å². The molecule has 5 nitrogen and oxygen atoms in total. The van der Waals surface area contributed by atoms with Gasteiger partial charge in [0.15, 0.2) is 0 Å². The SMILES string of the molecule is COc1ccc(C)cc1CN1C(=O)N[C@](C)(c2cccc(Br)c2)C1=O. The second-order valence-electron chi connectivity index (χ2n) is 6.27. The van der Waals surface area contributed by atoms with Crippen LogP contribution >= 0.6 is 15.9 Å². The minimum atomic E-state index is -1.09. The lowest BCUT2D eigenvalue weighted by Crippen LogP contribution is -2.40. The average molecular weight is 403 g/mol. The molecule has 0 bridgehead atoms. The van der Waals surface area contributed by atoms with E-state index in [0.717, 1.165) is 21.2 Å². The molecule has 3 amide bonds. The molecule has 0 unspecified atom stereocenters. The van der Waals surface area contributed by atoms with Gasteiger partial charge in [-0.15, -0.1) is 0 Å². The van der Waals surface area contributed by atoms with Crippen LogP contribution in [0.3, 0.4) is 0 Å². The van der Waals surface area contributed by atoms with E-state index in [-0.39, 0.29) is 12.5 Å². The predicted octanol–water partition coefficient (Wildman–Crippen LogP) is 3.73. The van der Waals surface area contributed by atoms with E-state index in [4.69, 9.17) is 4.74 Å². The van der Waals surface area contributed by atoms with Gasteiger partial charge in [-0.05, 0) is 37.6 Å². The number of aryl methyl sites for hydroxylation is 1. The molecule has 2 aromatic rings. The van der Waals surface area contributed by atoms with Gasteiger partial charge in [0, 0.05) is 10.0 Å². The van der Waals surface area contributed by atoms with Gasteiger partial charge in [-0.2, -0.15) is 0 Å². The molecule has 1 fully saturated rings. The summed E-state index contributed by atoms with van der Waals surface area (Å²) in [5.41, 5.74) is 1.49. The fourth-order valence-electron chi connectivity index (χ4n) is 3.04. The highest BCUT2D eigenvalue weighted by molar-refractivity contribution is 9.10. The first kappa shape index (κ1) is 17.5. The van der Waals surface area contributed by atoms with Crippen LogP contribution in [-0.2, 0) is 16.9 Å². The molecule has 0 radical (unpaired) electrons. The van der Waals surface area contributed by atoms with Crippen molar-refractivity contribution >= 4 is 27.9 Å². The van der Waals surface area contributed by atoms with E-state index in [1.54, 1.807) is 14.0 Å². The number of urea groups is 1. The van der Waals surface area contributed by atoms with Gasteiger partial charge in [0.2, 0.25) is 0 Å². The van der Waals surface area contributed by atoms with Crippen molar-refractivity contribution in [3.05, 3.63) is 63.6 Å². The fourth-order valence-corrected chi connectivity index (χ4v) is 3.44. The lowest BCUT2D eigenvalue weighted by atomic mass is 9.92. The van der Waals surface area contributed by atoms with E-state index in [2.05, 4.69) is 21.2 Å². The third-order valence-corrected chi connectivity index (χ3v) is 4.93. The number of nitrogens with zero attached hydrogens (tertiary/aromatic N) is 1. The first-order chi connectivity index (χ1) is 11.8. The van der Waals surface area contributed by atoms with E-state index in [0.29, 0.717) is 5.75 Å². The quantitative estimate of drug-likeness (QED) is 0.792. The lowest BCUT2D eigenvalue weighted by Gasteiger charge is -2.22. The van der Waals surface area contributed by atoms with Gasteiger partial charge in [-0.1, -0.05) is 45.8 Å². The van der Waals surface area contributed by atoms with E-state index >= 15 is 0 Å². The first-order valence-electron chi connectivity index (χ1n) is 7.89. The molecule has 2 aromatic carbocycles. The highest BCUT2D eigenvalue weighted by Gasteiger charge is 2.49. The van der Waals surface area contributed by atoms with Crippen molar-refractivity contribution in [1.82, 2.24) is 10.2 Å². The highest BCUT2D eigenvalue weighted by Crippen LogP contribution is 2.32. The molecule has 0 aliphatic carbocycles. The van der Waals surface area contributed by atoms with Crippen LogP contribution in [0.25, 0.3) is 0 Å². The van der Waals surface area contributed by atoms with Crippen LogP contribution in [0.1, 0.15) is 23.6 Å². The number of carbonyl (C=O) groups is 2. The number of halogens is 1. The van der Waals surface area contributed by atoms with Crippen LogP contribution < -0.4 is 10.1 Å². The van der Waals surface area contributed by atoms with Gasteiger partial charge in [0.05, 0.1) is 13.7 Å². The van der Waals surface area contributed by atoms with Crippen LogP contribution in [0.4, 0.5) is 4.79 Å². The Morgan fingerprint density at radius 2 is 1.96 bits per heavy atom. The molecule has 1 saturated heterocycles. The Kier molecular flexibility index (Phi) is 4.56. The van der Waals surface area contributed by atoms with Crippen molar-refractivity contribution in [2.75, 3.05) is 7.11 Å². The molecular formula is C19H19BrN2O3. The number of hydrogen-bond acceptors (Lipinski definition) is 3. The largest absolute Gasteiger partial charge is 0.496 e. The Hall–Kier alpha value is -2.34. The van der Waals surface area contributed by atoms with Gasteiger partial charge in [-0.25, -0.2) is 4.79 Å². The van der Waals surface area contributed by atoms with Crippen LogP contribution in [0.2, 0.25) is 0 Å². The molecule has 1 heterocycles. The number of ether oxygens (including phenoxy) is 1. The minimum Gasteiger partial charge on any atom is -0.496 e. The summed E-state index contributed by atoms with van der Waals surface area (Å²) in [6.45, 7) is 3.85. The average Bonchev–Trinajstić information content (AvgIpc) is 2.79. The van der Waals surface area contributed by atoms with Crippen molar-refractivity contribution in [2.45, 2.75) is 25.9 Å². The number of rotatable bonds is 4. The van der Waals surface area contributed by atoms with Gasteiger partial charge in [-0.3, -0.25) is 9.69 Å². The Balaban J connectivity index is 1.93. The summed E-state index contributed by atoms with van der Waals surface area (Å²) in [5.74, 6) is 0.376. The normalized spacial score (nSPS) is 19.9. The summed E-state index contributed by atoms with van der Waals surface area (Å²) in [6.07, 6.45) is 0. The van der Waals surface area contributed by atoms with Crippen molar-refractivity contribution in [3.63, 3.8) is 0 Å². The lowest BCUT2D eigenvalue weighted by molar-refractivity contribution is -0.131. The zero-order chi connectivity index (χ0) is 18.2. The highest BCUT2D eigenvalue weighted by atomic mass is 79.9. The molecule has 1 N–H and O–H groups in total. The monoisotopic (exact) mass is 402 g/mol. The molecule has 1 aliphatic rings. The molecule has 1 aliphatic heterocycles. The smallest absolute Gasteiger partial charge is 0.325 e. The number of benzene rings is 2. The molecule has 0 aromatic heterocycles. The second kappa shape index (κ2) is 6.52. The molecular weight excluding hydrogens is 384 g/mol. The number of hydrogen-bond donors (Lipinski definition) is 1. The Morgan fingerprint density at radius 1 is 1.20 bits per heavy atom. The van der Waals surface area contributed by atoms with Crippen molar-refractivity contribution < 1.29 is 14.3 Å². The molecule has 1 atom stereocenters. The zero-order valence-electron chi connectivity index (χ0n) is 14.3. The topological polar surface area (TPSA) is 58.6 Å². The maximum Gasteiger partial charge on any atom is 0.325 e. The van der Waals surface area contributed by atoms with E-state index in [1.165, 1.54) is 4.90 Å². The van der Waals surface area contributed by atoms with Gasteiger partial charge in [0.1, 0.15) is 11.3 Å². The van der Waals surface area contributed by atoms with Crippen LogP contribution in [-0.4, -0.2) is 23.9 Å². The summed E-state index contributed by atoms with van der Waals surface area (Å²) in [4.78, 5) is 26.7. The number of amides is 3. The summed E-state index contributed by atoms with van der Waals surface area (Å²) in [6, 6.07) is 12.7. The number of carbonyl (C=O) groups excluding carboxylic acids is 2. The maximum absolute atomic E-state index is 13.0. The van der Waals surface area contributed by atoms with Crippen LogP contribution in [0.5, 0.6) is 5.75 Å². The Labute approximate surface area is 155 Å². The minimum absolute atomic E-state index is 0.166.